The van der Waals surface area contributed by atoms with E-state index in [2.05, 4.69) is 20.9 Å². The highest BCUT2D eigenvalue weighted by molar-refractivity contribution is 7.09. The van der Waals surface area contributed by atoms with Gasteiger partial charge in [-0.25, -0.2) is 4.98 Å². The van der Waals surface area contributed by atoms with Crippen LogP contribution in [0, 0.1) is 6.92 Å². The molecule has 1 unspecified atom stereocenters. The number of hydrogen-bond donors (Lipinski definition) is 0. The van der Waals surface area contributed by atoms with Gasteiger partial charge in [0.15, 0.2) is 0 Å². The summed E-state index contributed by atoms with van der Waals surface area (Å²) in [6, 6.07) is 13.5. The van der Waals surface area contributed by atoms with Gasteiger partial charge >= 0.3 is 0 Å². The van der Waals surface area contributed by atoms with Crippen molar-refractivity contribution in [2.24, 2.45) is 0 Å². The molecule has 0 radical (unpaired) electrons. The van der Waals surface area contributed by atoms with E-state index in [4.69, 9.17) is 4.74 Å². The van der Waals surface area contributed by atoms with Gasteiger partial charge in [0.2, 0.25) is 0 Å². The van der Waals surface area contributed by atoms with Crippen LogP contribution in [-0.2, 0) is 6.54 Å². The van der Waals surface area contributed by atoms with Gasteiger partial charge in [-0.3, -0.25) is 14.7 Å². The highest BCUT2D eigenvalue weighted by atomic mass is 32.1. The Kier molecular flexibility index (Phi) is 7.17. The van der Waals surface area contributed by atoms with Crippen LogP contribution in [-0.4, -0.2) is 51.9 Å². The summed E-state index contributed by atoms with van der Waals surface area (Å²) in [5.41, 5.74) is 2.75. The molecule has 0 N–H and O–H groups in total. The SMILES string of the molecule is Cc1csc(C(C)N(C)C(=O)c2ccc(OC3CCN(Cc4ccccn4)CC3)cc2)n1. The van der Waals surface area contributed by atoms with E-state index in [9.17, 15) is 4.79 Å². The largest absolute Gasteiger partial charge is 0.490 e. The lowest BCUT2D eigenvalue weighted by molar-refractivity contribution is 0.0742. The number of amides is 1. The Bertz CT molecular complexity index is 1010. The second-order valence-electron chi connectivity index (χ2n) is 8.36. The summed E-state index contributed by atoms with van der Waals surface area (Å²) in [5.74, 6) is 0.802. The Labute approximate surface area is 193 Å². The molecule has 7 heteroatoms. The Morgan fingerprint density at radius 1 is 1.22 bits per heavy atom. The molecule has 0 saturated carbocycles. The monoisotopic (exact) mass is 450 g/mol. The molecular weight excluding hydrogens is 420 g/mol. The number of aromatic nitrogens is 2. The number of hydrogen-bond acceptors (Lipinski definition) is 6. The van der Waals surface area contributed by atoms with E-state index < -0.39 is 0 Å². The van der Waals surface area contributed by atoms with Crippen molar-refractivity contribution in [1.29, 1.82) is 0 Å². The molecule has 1 aliphatic heterocycles. The van der Waals surface area contributed by atoms with Crippen LogP contribution in [0.5, 0.6) is 5.75 Å². The van der Waals surface area contributed by atoms with E-state index in [1.807, 2.05) is 68.9 Å². The van der Waals surface area contributed by atoms with E-state index in [-0.39, 0.29) is 18.1 Å². The molecule has 1 saturated heterocycles. The Balaban J connectivity index is 1.28. The standard InChI is InChI=1S/C25H30N4O2S/c1-18-17-32-24(27-18)19(2)28(3)25(30)20-7-9-22(10-8-20)31-23-11-14-29(15-12-23)16-21-6-4-5-13-26-21/h4-10,13,17,19,23H,11-12,14-16H2,1-3H3. The quantitative estimate of drug-likeness (QED) is 0.521. The lowest BCUT2D eigenvalue weighted by Gasteiger charge is -2.32. The molecule has 1 fully saturated rings. The third-order valence-electron chi connectivity index (χ3n) is 5.95. The Morgan fingerprint density at radius 3 is 2.59 bits per heavy atom. The number of carbonyl (C=O) groups excluding carboxylic acids is 1. The average Bonchev–Trinajstić information content (AvgIpc) is 3.26. The number of ether oxygens (including phenoxy) is 1. The summed E-state index contributed by atoms with van der Waals surface area (Å²) in [7, 11) is 1.83. The highest BCUT2D eigenvalue weighted by Gasteiger charge is 2.23. The number of piperidine rings is 1. The van der Waals surface area contributed by atoms with E-state index in [1.165, 1.54) is 0 Å². The van der Waals surface area contributed by atoms with Crippen LogP contribution in [0.1, 0.15) is 52.6 Å². The number of likely N-dealkylation sites (tertiary alicyclic amines) is 1. The summed E-state index contributed by atoms with van der Waals surface area (Å²) in [6.45, 7) is 6.86. The van der Waals surface area contributed by atoms with E-state index >= 15 is 0 Å². The predicted octanol–water partition coefficient (Wildman–Crippen LogP) is 4.72. The first kappa shape index (κ1) is 22.4. The fourth-order valence-corrected chi connectivity index (χ4v) is 4.78. The number of rotatable bonds is 7. The van der Waals surface area contributed by atoms with Gasteiger partial charge in [0.25, 0.3) is 5.91 Å². The Hall–Kier alpha value is -2.77. The summed E-state index contributed by atoms with van der Waals surface area (Å²) in [6.07, 6.45) is 4.02. The second kappa shape index (κ2) is 10.2. The maximum atomic E-state index is 12.9. The fourth-order valence-electron chi connectivity index (χ4n) is 3.88. The molecule has 4 rings (SSSR count). The van der Waals surface area contributed by atoms with Crippen LogP contribution in [0.15, 0.2) is 54.0 Å². The molecule has 6 nitrogen and oxygen atoms in total. The maximum absolute atomic E-state index is 12.9. The maximum Gasteiger partial charge on any atom is 0.254 e. The fraction of sp³-hybridized carbons (Fsp3) is 0.400. The predicted molar refractivity (Wildman–Crippen MR) is 127 cm³/mol. The first-order chi connectivity index (χ1) is 15.5. The first-order valence-electron chi connectivity index (χ1n) is 11.1. The molecule has 1 aliphatic rings. The summed E-state index contributed by atoms with van der Waals surface area (Å²) < 4.78 is 6.19. The lowest BCUT2D eigenvalue weighted by atomic mass is 10.1. The molecular formula is C25H30N4O2S. The first-order valence-corrected chi connectivity index (χ1v) is 12.0. The van der Waals surface area contributed by atoms with Gasteiger partial charge in [-0.15, -0.1) is 11.3 Å². The van der Waals surface area contributed by atoms with Crippen LogP contribution in [0.4, 0.5) is 0 Å². The Morgan fingerprint density at radius 2 is 1.97 bits per heavy atom. The van der Waals surface area contributed by atoms with Crippen molar-refractivity contribution in [2.75, 3.05) is 20.1 Å². The van der Waals surface area contributed by atoms with Crippen molar-refractivity contribution in [1.82, 2.24) is 19.8 Å². The van der Waals surface area contributed by atoms with Gasteiger partial charge in [0.05, 0.1) is 11.7 Å². The second-order valence-corrected chi connectivity index (χ2v) is 9.25. The number of benzene rings is 1. The molecule has 0 aliphatic carbocycles. The summed E-state index contributed by atoms with van der Waals surface area (Å²) in [4.78, 5) is 26.0. The van der Waals surface area contributed by atoms with Crippen LogP contribution < -0.4 is 4.74 Å². The third-order valence-corrected chi connectivity index (χ3v) is 7.08. The number of pyridine rings is 1. The number of nitrogens with zero attached hydrogens (tertiary/aromatic N) is 4. The third kappa shape index (κ3) is 5.53. The molecule has 1 atom stereocenters. The van der Waals surface area contributed by atoms with Crippen LogP contribution >= 0.6 is 11.3 Å². The van der Waals surface area contributed by atoms with Crippen molar-refractivity contribution in [3.05, 3.63) is 76.0 Å². The number of thiazole rings is 1. The molecule has 3 aromatic rings. The van der Waals surface area contributed by atoms with E-state index in [1.54, 1.807) is 16.2 Å². The zero-order chi connectivity index (χ0) is 22.5. The molecule has 168 valence electrons. The van der Waals surface area contributed by atoms with Crippen LogP contribution in [0.2, 0.25) is 0 Å². The van der Waals surface area contributed by atoms with E-state index in [0.29, 0.717) is 5.56 Å². The molecule has 0 spiro atoms. The van der Waals surface area contributed by atoms with Gasteiger partial charge in [0, 0.05) is 49.5 Å². The summed E-state index contributed by atoms with van der Waals surface area (Å²) >= 11 is 1.59. The van der Waals surface area contributed by atoms with Crippen LogP contribution in [0.25, 0.3) is 0 Å². The van der Waals surface area contributed by atoms with E-state index in [0.717, 1.165) is 54.6 Å². The van der Waals surface area contributed by atoms with Crippen molar-refractivity contribution in [3.8, 4) is 5.75 Å². The molecule has 2 aromatic heterocycles. The van der Waals surface area contributed by atoms with Crippen molar-refractivity contribution < 1.29 is 9.53 Å². The normalized spacial score (nSPS) is 16.0. The zero-order valence-corrected chi connectivity index (χ0v) is 19.7. The van der Waals surface area contributed by atoms with Gasteiger partial charge < -0.3 is 9.64 Å². The highest BCUT2D eigenvalue weighted by Crippen LogP contribution is 2.25. The minimum Gasteiger partial charge on any atom is -0.490 e. The minimum atomic E-state index is -0.0617. The minimum absolute atomic E-state index is 0.0141. The molecule has 1 amide bonds. The smallest absolute Gasteiger partial charge is 0.254 e. The van der Waals surface area contributed by atoms with Crippen molar-refractivity contribution >= 4 is 17.2 Å². The molecule has 32 heavy (non-hydrogen) atoms. The number of carbonyl (C=O) groups is 1. The summed E-state index contributed by atoms with van der Waals surface area (Å²) in [5, 5.41) is 2.96. The van der Waals surface area contributed by atoms with Gasteiger partial charge in [-0.2, -0.15) is 0 Å². The molecule has 1 aromatic carbocycles. The molecule has 0 bridgehead atoms. The topological polar surface area (TPSA) is 58.6 Å². The van der Waals surface area contributed by atoms with Gasteiger partial charge in [0.1, 0.15) is 16.9 Å². The average molecular weight is 451 g/mol. The zero-order valence-electron chi connectivity index (χ0n) is 18.9. The molecule has 3 heterocycles. The lowest BCUT2D eigenvalue weighted by Crippen LogP contribution is -2.38. The van der Waals surface area contributed by atoms with Gasteiger partial charge in [-0.05, 0) is 63.1 Å². The van der Waals surface area contributed by atoms with Crippen molar-refractivity contribution in [2.45, 2.75) is 45.4 Å². The van der Waals surface area contributed by atoms with Crippen molar-refractivity contribution in [3.63, 3.8) is 0 Å². The van der Waals surface area contributed by atoms with Gasteiger partial charge in [-0.1, -0.05) is 6.07 Å². The number of aryl methyl sites for hydroxylation is 1. The van der Waals surface area contributed by atoms with Crippen LogP contribution in [0.3, 0.4) is 0 Å².